The summed E-state index contributed by atoms with van der Waals surface area (Å²) >= 11 is 1.46. The van der Waals surface area contributed by atoms with Crippen LogP contribution in [0.5, 0.6) is 0 Å². The Labute approximate surface area is 88.3 Å². The topological polar surface area (TPSA) is 59.1 Å². The summed E-state index contributed by atoms with van der Waals surface area (Å²) < 4.78 is 22.1. The van der Waals surface area contributed by atoms with E-state index in [0.717, 1.165) is 17.1 Å². The zero-order chi connectivity index (χ0) is 10.8. The molecule has 1 rings (SSSR count). The Morgan fingerprint density at radius 3 is 2.64 bits per heavy atom. The summed E-state index contributed by atoms with van der Waals surface area (Å²) in [6, 6.07) is 0. The van der Waals surface area contributed by atoms with E-state index in [1.54, 1.807) is 0 Å². The summed E-state index contributed by atoms with van der Waals surface area (Å²) in [5.41, 5.74) is 0.919. The van der Waals surface area contributed by atoms with E-state index in [0.29, 0.717) is 5.01 Å². The van der Waals surface area contributed by atoms with Crippen molar-refractivity contribution in [1.29, 1.82) is 0 Å². The summed E-state index contributed by atoms with van der Waals surface area (Å²) in [6.45, 7) is 2.64. The van der Waals surface area contributed by atoms with Gasteiger partial charge in [-0.1, -0.05) is 0 Å². The van der Waals surface area contributed by atoms with Crippen LogP contribution in [0.3, 0.4) is 0 Å². The van der Waals surface area contributed by atoms with Gasteiger partial charge in [0.25, 0.3) is 0 Å². The van der Waals surface area contributed by atoms with Gasteiger partial charge in [-0.3, -0.25) is 0 Å². The molecule has 0 amide bonds. The molecule has 0 atom stereocenters. The number of hydrogen-bond donors (Lipinski definition) is 1. The largest absolute Gasteiger partial charge is 0.315 e. The van der Waals surface area contributed by atoms with E-state index >= 15 is 0 Å². The van der Waals surface area contributed by atoms with Gasteiger partial charge in [0.15, 0.2) is 9.84 Å². The molecule has 0 aliphatic carbocycles. The van der Waals surface area contributed by atoms with Crippen molar-refractivity contribution in [3.8, 4) is 0 Å². The summed E-state index contributed by atoms with van der Waals surface area (Å²) in [4.78, 5) is 5.32. The predicted molar refractivity (Wildman–Crippen MR) is 58.2 cm³/mol. The van der Waals surface area contributed by atoms with Crippen LogP contribution in [0.15, 0.2) is 0 Å². The van der Waals surface area contributed by atoms with Gasteiger partial charge in [-0.15, -0.1) is 11.3 Å². The number of hydrogen-bond acceptors (Lipinski definition) is 5. The molecule has 1 aromatic rings. The van der Waals surface area contributed by atoms with E-state index in [1.807, 2.05) is 14.0 Å². The average Bonchev–Trinajstić information content (AvgIpc) is 2.28. The van der Waals surface area contributed by atoms with E-state index in [9.17, 15) is 8.42 Å². The molecule has 0 bridgehead atoms. The maximum Gasteiger partial charge on any atom is 0.153 e. The molecule has 1 heterocycles. The molecule has 1 aromatic heterocycles. The second kappa shape index (κ2) is 4.37. The molecule has 0 spiro atoms. The first-order valence-corrected chi connectivity index (χ1v) is 7.07. The quantitative estimate of drug-likeness (QED) is 0.834. The molecule has 0 radical (unpaired) electrons. The molecule has 14 heavy (non-hydrogen) atoms. The SMILES string of the molecule is CNCc1sc(CS(C)(=O)=O)nc1C. The summed E-state index contributed by atoms with van der Waals surface area (Å²) in [5, 5.41) is 3.70. The highest BCUT2D eigenvalue weighted by atomic mass is 32.2. The third kappa shape index (κ3) is 3.36. The molecule has 6 heteroatoms. The van der Waals surface area contributed by atoms with Crippen molar-refractivity contribution in [2.24, 2.45) is 0 Å². The lowest BCUT2D eigenvalue weighted by molar-refractivity contribution is 0.601. The van der Waals surface area contributed by atoms with Gasteiger partial charge in [-0.05, 0) is 14.0 Å². The number of aromatic nitrogens is 1. The molecular formula is C8H14N2O2S2. The molecule has 0 saturated heterocycles. The highest BCUT2D eigenvalue weighted by molar-refractivity contribution is 7.90. The second-order valence-corrected chi connectivity index (χ2v) is 6.52. The molecule has 0 aliphatic heterocycles. The molecule has 1 N–H and O–H groups in total. The highest BCUT2D eigenvalue weighted by Crippen LogP contribution is 2.19. The Morgan fingerprint density at radius 2 is 2.14 bits per heavy atom. The van der Waals surface area contributed by atoms with Crippen molar-refractivity contribution >= 4 is 21.2 Å². The molecule has 4 nitrogen and oxygen atoms in total. The van der Waals surface area contributed by atoms with Crippen LogP contribution in [-0.4, -0.2) is 26.7 Å². The minimum atomic E-state index is -2.97. The molecule has 80 valence electrons. The van der Waals surface area contributed by atoms with E-state index < -0.39 is 9.84 Å². The van der Waals surface area contributed by atoms with Crippen molar-refractivity contribution in [2.45, 2.75) is 19.2 Å². The van der Waals surface area contributed by atoms with Crippen molar-refractivity contribution in [3.63, 3.8) is 0 Å². The van der Waals surface area contributed by atoms with Gasteiger partial charge in [0.05, 0.1) is 5.69 Å². The van der Waals surface area contributed by atoms with Crippen molar-refractivity contribution in [3.05, 3.63) is 15.6 Å². The molecule has 0 saturated carbocycles. The minimum Gasteiger partial charge on any atom is -0.315 e. The zero-order valence-corrected chi connectivity index (χ0v) is 10.1. The van der Waals surface area contributed by atoms with Gasteiger partial charge in [-0.25, -0.2) is 13.4 Å². The number of nitrogens with zero attached hydrogens (tertiary/aromatic N) is 1. The van der Waals surface area contributed by atoms with Gasteiger partial charge in [0.2, 0.25) is 0 Å². The fourth-order valence-corrected chi connectivity index (χ4v) is 3.37. The molecule has 0 unspecified atom stereocenters. The molecule has 0 fully saturated rings. The van der Waals surface area contributed by atoms with Gasteiger partial charge in [-0.2, -0.15) is 0 Å². The lowest BCUT2D eigenvalue weighted by Gasteiger charge is -1.93. The summed E-state index contributed by atoms with van der Waals surface area (Å²) in [5.74, 6) is 0.0439. The van der Waals surface area contributed by atoms with Gasteiger partial charge >= 0.3 is 0 Å². The van der Waals surface area contributed by atoms with Crippen LogP contribution in [0, 0.1) is 6.92 Å². The van der Waals surface area contributed by atoms with E-state index in [1.165, 1.54) is 17.6 Å². The van der Waals surface area contributed by atoms with E-state index in [2.05, 4.69) is 10.3 Å². The van der Waals surface area contributed by atoms with Crippen LogP contribution in [0.25, 0.3) is 0 Å². The van der Waals surface area contributed by atoms with Crippen molar-refractivity contribution < 1.29 is 8.42 Å². The lowest BCUT2D eigenvalue weighted by Crippen LogP contribution is -2.04. The summed E-state index contributed by atoms with van der Waals surface area (Å²) in [7, 11) is -1.11. The van der Waals surface area contributed by atoms with E-state index in [4.69, 9.17) is 0 Å². The number of nitrogens with one attached hydrogen (secondary N) is 1. The average molecular weight is 234 g/mol. The summed E-state index contributed by atoms with van der Waals surface area (Å²) in [6.07, 6.45) is 1.22. The number of aryl methyl sites for hydroxylation is 1. The van der Waals surface area contributed by atoms with E-state index in [-0.39, 0.29) is 5.75 Å². The van der Waals surface area contributed by atoms with Crippen LogP contribution >= 0.6 is 11.3 Å². The monoisotopic (exact) mass is 234 g/mol. The number of thiazole rings is 1. The van der Waals surface area contributed by atoms with Crippen molar-refractivity contribution in [1.82, 2.24) is 10.3 Å². The fourth-order valence-electron chi connectivity index (χ4n) is 1.10. The Kier molecular flexibility index (Phi) is 3.63. The van der Waals surface area contributed by atoms with Crippen LogP contribution in [0.2, 0.25) is 0 Å². The Bertz CT molecular complexity index is 409. The molecular weight excluding hydrogens is 220 g/mol. The van der Waals surface area contributed by atoms with Gasteiger partial charge in [0, 0.05) is 17.7 Å². The second-order valence-electron chi connectivity index (χ2n) is 3.22. The van der Waals surface area contributed by atoms with Crippen LogP contribution in [0.1, 0.15) is 15.6 Å². The molecule has 0 aromatic carbocycles. The maximum atomic E-state index is 11.0. The number of sulfone groups is 1. The zero-order valence-electron chi connectivity index (χ0n) is 8.49. The first-order chi connectivity index (χ1) is 6.42. The Hall–Kier alpha value is -0.460. The standard InChI is InChI=1S/C8H14N2O2S2/c1-6-7(4-9-2)13-8(10-6)5-14(3,11)12/h9H,4-5H2,1-3H3. The van der Waals surface area contributed by atoms with Crippen LogP contribution in [0.4, 0.5) is 0 Å². The smallest absolute Gasteiger partial charge is 0.153 e. The Balaban J connectivity index is 2.86. The maximum absolute atomic E-state index is 11.0. The van der Waals surface area contributed by atoms with Gasteiger partial charge in [0.1, 0.15) is 10.8 Å². The van der Waals surface area contributed by atoms with Crippen LogP contribution in [-0.2, 0) is 22.1 Å². The van der Waals surface area contributed by atoms with Crippen molar-refractivity contribution in [2.75, 3.05) is 13.3 Å². The Morgan fingerprint density at radius 1 is 1.50 bits per heavy atom. The predicted octanol–water partition coefficient (Wildman–Crippen LogP) is 0.716. The normalized spacial score (nSPS) is 11.9. The van der Waals surface area contributed by atoms with Gasteiger partial charge < -0.3 is 5.32 Å². The molecule has 0 aliphatic rings. The third-order valence-corrected chi connectivity index (χ3v) is 3.80. The van der Waals surface area contributed by atoms with Crippen LogP contribution < -0.4 is 5.32 Å². The first-order valence-electron chi connectivity index (χ1n) is 4.20. The fraction of sp³-hybridized carbons (Fsp3) is 0.625. The lowest BCUT2D eigenvalue weighted by atomic mass is 10.4. The number of rotatable bonds is 4. The first kappa shape index (κ1) is 11.6. The minimum absolute atomic E-state index is 0.0439. The highest BCUT2D eigenvalue weighted by Gasteiger charge is 2.11. The third-order valence-electron chi connectivity index (χ3n) is 1.66.